The van der Waals surface area contributed by atoms with E-state index in [4.69, 9.17) is 27.9 Å². The highest BCUT2D eigenvalue weighted by atomic mass is 35.5. The minimum Gasteiger partial charge on any atom is -0.379 e. The van der Waals surface area contributed by atoms with Gasteiger partial charge in [0.25, 0.3) is 5.91 Å². The second kappa shape index (κ2) is 9.23. The molecule has 31 heavy (non-hydrogen) atoms. The minimum absolute atomic E-state index is 0.000143. The first-order valence-corrected chi connectivity index (χ1v) is 12.3. The van der Waals surface area contributed by atoms with Gasteiger partial charge in [-0.2, -0.15) is 4.31 Å². The van der Waals surface area contributed by atoms with Crippen LogP contribution in [0.1, 0.15) is 10.4 Å². The summed E-state index contributed by atoms with van der Waals surface area (Å²) in [5, 5.41) is 5.49. The van der Waals surface area contributed by atoms with Crippen molar-refractivity contribution in [2.75, 3.05) is 31.6 Å². The highest BCUT2D eigenvalue weighted by Crippen LogP contribution is 2.31. The van der Waals surface area contributed by atoms with Crippen molar-refractivity contribution in [3.63, 3.8) is 0 Å². The van der Waals surface area contributed by atoms with Gasteiger partial charge in [-0.15, -0.1) is 11.3 Å². The number of hydrogen-bond acceptors (Lipinski definition) is 6. The standard InChI is InChI=1S/C20H17Cl2N3O4S2/c21-16-4-2-1-3-14(16)18-12-30-20(23-18)24-19(26)15-11-13(5-6-17(15)22)31(27,28)25-7-9-29-10-8-25/h1-6,11-12H,7-10H2,(H,23,24,26). The number of halogens is 2. The Kier molecular flexibility index (Phi) is 6.61. The summed E-state index contributed by atoms with van der Waals surface area (Å²) in [6.07, 6.45) is 0. The number of benzene rings is 2. The average molecular weight is 498 g/mol. The summed E-state index contributed by atoms with van der Waals surface area (Å²) in [6, 6.07) is 11.3. The van der Waals surface area contributed by atoms with Crippen LogP contribution in [0.25, 0.3) is 11.3 Å². The molecule has 0 saturated carbocycles. The molecule has 162 valence electrons. The maximum absolute atomic E-state index is 12.9. The van der Waals surface area contributed by atoms with Crippen LogP contribution in [0.3, 0.4) is 0 Å². The molecular weight excluding hydrogens is 481 g/mol. The van der Waals surface area contributed by atoms with Crippen molar-refractivity contribution >= 4 is 55.6 Å². The molecular formula is C20H17Cl2N3O4S2. The van der Waals surface area contributed by atoms with Gasteiger partial charge in [-0.05, 0) is 24.3 Å². The number of hydrogen-bond donors (Lipinski definition) is 1. The van der Waals surface area contributed by atoms with Gasteiger partial charge in [0.1, 0.15) is 0 Å². The SMILES string of the molecule is O=C(Nc1nc(-c2ccccc2Cl)cs1)c1cc(S(=O)(=O)N2CCOCC2)ccc1Cl. The topological polar surface area (TPSA) is 88.6 Å². The number of rotatable bonds is 5. The lowest BCUT2D eigenvalue weighted by Gasteiger charge is -2.26. The summed E-state index contributed by atoms with van der Waals surface area (Å²) >= 11 is 13.6. The van der Waals surface area contributed by atoms with Crippen LogP contribution < -0.4 is 5.32 Å². The Hall–Kier alpha value is -2.01. The maximum atomic E-state index is 12.9. The van der Waals surface area contributed by atoms with E-state index in [1.807, 2.05) is 18.2 Å². The smallest absolute Gasteiger partial charge is 0.259 e. The Balaban J connectivity index is 1.57. The number of carbonyl (C=O) groups is 1. The van der Waals surface area contributed by atoms with Crippen LogP contribution in [0.5, 0.6) is 0 Å². The molecule has 1 saturated heterocycles. The third-order valence-electron chi connectivity index (χ3n) is 4.66. The fourth-order valence-electron chi connectivity index (χ4n) is 3.06. The Morgan fingerprint density at radius 2 is 1.84 bits per heavy atom. The normalized spacial score (nSPS) is 15.0. The molecule has 1 aliphatic heterocycles. The van der Waals surface area contributed by atoms with E-state index in [9.17, 15) is 13.2 Å². The zero-order valence-electron chi connectivity index (χ0n) is 16.0. The molecule has 1 fully saturated rings. The zero-order chi connectivity index (χ0) is 22.0. The molecule has 1 aromatic heterocycles. The Morgan fingerprint density at radius 1 is 1.10 bits per heavy atom. The van der Waals surface area contributed by atoms with Gasteiger partial charge in [-0.1, -0.05) is 41.4 Å². The second-order valence-electron chi connectivity index (χ2n) is 6.63. The van der Waals surface area contributed by atoms with E-state index < -0.39 is 15.9 Å². The predicted octanol–water partition coefficient (Wildman–Crippen LogP) is 4.39. The number of amides is 1. The number of sulfonamides is 1. The third kappa shape index (κ3) is 4.77. The summed E-state index contributed by atoms with van der Waals surface area (Å²) < 4.78 is 32.3. The number of carbonyl (C=O) groups excluding carboxylic acids is 1. The van der Waals surface area contributed by atoms with Crippen molar-refractivity contribution in [2.24, 2.45) is 0 Å². The van der Waals surface area contributed by atoms with Crippen molar-refractivity contribution in [1.82, 2.24) is 9.29 Å². The molecule has 2 aromatic carbocycles. The number of ether oxygens (including phenoxy) is 1. The number of aromatic nitrogens is 1. The molecule has 0 atom stereocenters. The van der Waals surface area contributed by atoms with Gasteiger partial charge in [-0.3, -0.25) is 10.1 Å². The van der Waals surface area contributed by atoms with Gasteiger partial charge in [-0.25, -0.2) is 13.4 Å². The van der Waals surface area contributed by atoms with Gasteiger partial charge in [0.2, 0.25) is 10.0 Å². The van der Waals surface area contributed by atoms with Crippen molar-refractivity contribution < 1.29 is 17.9 Å². The Bertz CT molecular complexity index is 1220. The van der Waals surface area contributed by atoms with E-state index in [-0.39, 0.29) is 28.6 Å². The molecule has 1 N–H and O–H groups in total. The van der Waals surface area contributed by atoms with Gasteiger partial charge >= 0.3 is 0 Å². The van der Waals surface area contributed by atoms with Crippen LogP contribution in [-0.2, 0) is 14.8 Å². The minimum atomic E-state index is -3.76. The molecule has 4 rings (SSSR count). The summed E-state index contributed by atoms with van der Waals surface area (Å²) in [5.41, 5.74) is 1.42. The summed E-state index contributed by atoms with van der Waals surface area (Å²) in [4.78, 5) is 17.2. The fourth-order valence-corrected chi connectivity index (χ4v) is 5.64. The van der Waals surface area contributed by atoms with Crippen molar-refractivity contribution in [3.05, 3.63) is 63.5 Å². The fraction of sp³-hybridized carbons (Fsp3) is 0.200. The van der Waals surface area contributed by atoms with Gasteiger partial charge in [0.15, 0.2) is 5.13 Å². The average Bonchev–Trinajstić information content (AvgIpc) is 3.23. The van der Waals surface area contributed by atoms with Gasteiger partial charge in [0, 0.05) is 29.1 Å². The summed E-state index contributed by atoms with van der Waals surface area (Å²) in [6.45, 7) is 1.18. The van der Waals surface area contributed by atoms with E-state index in [2.05, 4.69) is 10.3 Å². The molecule has 11 heteroatoms. The lowest BCUT2D eigenvalue weighted by atomic mass is 10.2. The number of anilines is 1. The van der Waals surface area contributed by atoms with E-state index >= 15 is 0 Å². The molecule has 2 heterocycles. The molecule has 0 aliphatic carbocycles. The first-order valence-electron chi connectivity index (χ1n) is 9.25. The molecule has 0 radical (unpaired) electrons. The monoisotopic (exact) mass is 497 g/mol. The van der Waals surface area contributed by atoms with Gasteiger partial charge < -0.3 is 4.74 Å². The predicted molar refractivity (Wildman–Crippen MR) is 122 cm³/mol. The van der Waals surface area contributed by atoms with Crippen molar-refractivity contribution in [3.8, 4) is 11.3 Å². The highest BCUT2D eigenvalue weighted by molar-refractivity contribution is 7.89. The first kappa shape index (κ1) is 22.2. The summed E-state index contributed by atoms with van der Waals surface area (Å²) in [5.74, 6) is -0.552. The number of nitrogens with one attached hydrogen (secondary N) is 1. The largest absolute Gasteiger partial charge is 0.379 e. The lowest BCUT2D eigenvalue weighted by molar-refractivity contribution is 0.0730. The lowest BCUT2D eigenvalue weighted by Crippen LogP contribution is -2.40. The second-order valence-corrected chi connectivity index (χ2v) is 10.2. The van der Waals surface area contributed by atoms with Crippen LogP contribution >= 0.6 is 34.5 Å². The van der Waals surface area contributed by atoms with Crippen LogP contribution in [0.15, 0.2) is 52.7 Å². The summed E-state index contributed by atoms with van der Waals surface area (Å²) in [7, 11) is -3.76. The molecule has 1 amide bonds. The van der Waals surface area contributed by atoms with Crippen LogP contribution in [0.2, 0.25) is 10.0 Å². The Morgan fingerprint density at radius 3 is 2.58 bits per heavy atom. The third-order valence-corrected chi connectivity index (χ3v) is 7.98. The Labute approximate surface area is 193 Å². The number of nitrogens with zero attached hydrogens (tertiary/aromatic N) is 2. The van der Waals surface area contributed by atoms with E-state index in [0.29, 0.717) is 29.1 Å². The molecule has 0 unspecified atom stereocenters. The van der Waals surface area contributed by atoms with E-state index in [0.717, 1.165) is 5.56 Å². The highest BCUT2D eigenvalue weighted by Gasteiger charge is 2.27. The molecule has 7 nitrogen and oxygen atoms in total. The molecule has 3 aromatic rings. The van der Waals surface area contributed by atoms with Crippen molar-refractivity contribution in [1.29, 1.82) is 0 Å². The van der Waals surface area contributed by atoms with Crippen LogP contribution in [0, 0.1) is 0 Å². The van der Waals surface area contributed by atoms with Crippen LogP contribution in [-0.4, -0.2) is 49.9 Å². The van der Waals surface area contributed by atoms with E-state index in [1.54, 1.807) is 11.4 Å². The molecule has 0 bridgehead atoms. The maximum Gasteiger partial charge on any atom is 0.259 e. The van der Waals surface area contributed by atoms with Crippen LogP contribution in [0.4, 0.5) is 5.13 Å². The number of thiazole rings is 1. The van der Waals surface area contributed by atoms with Gasteiger partial charge in [0.05, 0.1) is 34.4 Å². The van der Waals surface area contributed by atoms with Crippen molar-refractivity contribution in [2.45, 2.75) is 4.90 Å². The zero-order valence-corrected chi connectivity index (χ0v) is 19.2. The first-order chi connectivity index (χ1) is 14.9. The molecule has 0 spiro atoms. The van der Waals surface area contributed by atoms with E-state index in [1.165, 1.54) is 33.8 Å². The molecule has 1 aliphatic rings. The quantitative estimate of drug-likeness (QED) is 0.564. The number of morpholine rings is 1.